The number of rotatable bonds is 4. The van der Waals surface area contributed by atoms with Crippen LogP contribution in [0.25, 0.3) is 0 Å². The zero-order valence-electron chi connectivity index (χ0n) is 25.7. The lowest BCUT2D eigenvalue weighted by atomic mass is 9.91. The average Bonchev–Trinajstić information content (AvgIpc) is 3.10. The number of pyridine rings is 2. The first-order valence-corrected chi connectivity index (χ1v) is 15.3. The van der Waals surface area contributed by atoms with Crippen molar-refractivity contribution in [3.63, 3.8) is 0 Å². The molecule has 2 heterocycles. The van der Waals surface area contributed by atoms with Crippen LogP contribution in [0.5, 0.6) is 23.0 Å². The summed E-state index contributed by atoms with van der Waals surface area (Å²) in [5, 5.41) is 63.6. The highest BCUT2D eigenvalue weighted by atomic mass is 16.3. The number of para-hydroxylation sites is 2. The van der Waals surface area contributed by atoms with Gasteiger partial charge in [0.25, 0.3) is 0 Å². The van der Waals surface area contributed by atoms with Gasteiger partial charge >= 0.3 is 0 Å². The van der Waals surface area contributed by atoms with Crippen LogP contribution in [0.1, 0.15) is 44.5 Å². The molecule has 0 saturated heterocycles. The summed E-state index contributed by atoms with van der Waals surface area (Å²) in [5.41, 5.74) is 6.69. The van der Waals surface area contributed by atoms with E-state index in [-0.39, 0.29) is 48.7 Å². The Balaban J connectivity index is 1.41. The number of aromatic nitrogens is 2. The van der Waals surface area contributed by atoms with Gasteiger partial charge in [-0.15, -0.1) is 0 Å². The van der Waals surface area contributed by atoms with Crippen LogP contribution in [0.2, 0.25) is 0 Å². The van der Waals surface area contributed by atoms with E-state index in [9.17, 15) is 20.4 Å². The number of fused-ring (bicyclic) bond motifs is 8. The number of phenolic OH excluding ortho intramolecular Hbond substituents is 4. The predicted molar refractivity (Wildman–Crippen MR) is 180 cm³/mol. The fourth-order valence-corrected chi connectivity index (χ4v) is 5.87. The normalized spacial score (nSPS) is 12.8. The summed E-state index contributed by atoms with van der Waals surface area (Å²) < 4.78 is 0. The lowest BCUT2D eigenvalue weighted by molar-refractivity contribution is 0.450. The van der Waals surface area contributed by atoms with Gasteiger partial charge in [0, 0.05) is 72.7 Å². The van der Waals surface area contributed by atoms with E-state index < -0.39 is 0 Å². The van der Waals surface area contributed by atoms with Gasteiger partial charge in [-0.3, -0.25) is 9.97 Å². The van der Waals surface area contributed by atoms with Crippen LogP contribution in [-0.2, 0) is 25.7 Å². The second-order valence-electron chi connectivity index (χ2n) is 11.6. The Labute approximate surface area is 276 Å². The molecule has 8 bridgehead atoms. The van der Waals surface area contributed by atoms with Crippen molar-refractivity contribution in [2.45, 2.75) is 25.7 Å². The fourth-order valence-electron chi connectivity index (χ4n) is 5.87. The summed E-state index contributed by atoms with van der Waals surface area (Å²) in [7, 11) is 0. The van der Waals surface area contributed by atoms with Crippen molar-refractivity contribution in [2.75, 3.05) is 0 Å². The monoisotopic (exact) mass is 634 g/mol. The van der Waals surface area contributed by atoms with Crippen LogP contribution in [0.15, 0.2) is 130 Å². The molecule has 236 valence electrons. The van der Waals surface area contributed by atoms with Crippen LogP contribution < -0.4 is 0 Å². The molecule has 6 aromatic rings. The van der Waals surface area contributed by atoms with Crippen molar-refractivity contribution in [3.05, 3.63) is 154 Å². The van der Waals surface area contributed by atoms with Crippen LogP contribution in [-0.4, -0.2) is 30.4 Å². The molecule has 10 heteroatoms. The summed E-state index contributed by atoms with van der Waals surface area (Å²) >= 11 is 0. The van der Waals surface area contributed by atoms with E-state index in [2.05, 4.69) is 30.4 Å². The highest BCUT2D eigenvalue weighted by Gasteiger charge is 2.20. The van der Waals surface area contributed by atoms with E-state index in [4.69, 9.17) is 0 Å². The number of nitrogens with zero attached hydrogens (tertiary/aromatic N) is 6. The molecule has 0 amide bonds. The lowest BCUT2D eigenvalue weighted by Crippen LogP contribution is -2.00. The van der Waals surface area contributed by atoms with Crippen LogP contribution in [0.4, 0.5) is 22.7 Å². The smallest absolute Gasteiger partial charge is 0.122 e. The minimum atomic E-state index is 0.0161. The molecule has 1 aliphatic rings. The third-order valence-corrected chi connectivity index (χ3v) is 8.32. The van der Waals surface area contributed by atoms with Gasteiger partial charge in [-0.05, 0) is 70.8 Å². The molecule has 0 aliphatic heterocycles. The summed E-state index contributed by atoms with van der Waals surface area (Å²) in [6.45, 7) is 0. The first kappa shape index (κ1) is 30.2. The second-order valence-corrected chi connectivity index (χ2v) is 11.6. The summed E-state index contributed by atoms with van der Waals surface area (Å²) in [6.07, 6.45) is 7.29. The van der Waals surface area contributed by atoms with Crippen molar-refractivity contribution < 1.29 is 20.4 Å². The molecule has 10 nitrogen and oxygen atoms in total. The van der Waals surface area contributed by atoms with Crippen molar-refractivity contribution in [1.29, 1.82) is 0 Å². The predicted octanol–water partition coefficient (Wildman–Crippen LogP) is 8.81. The van der Waals surface area contributed by atoms with Gasteiger partial charge in [-0.1, -0.05) is 36.4 Å². The molecule has 0 radical (unpaired) electrons. The largest absolute Gasteiger partial charge is 0.507 e. The highest BCUT2D eigenvalue weighted by molar-refractivity contribution is 5.61. The van der Waals surface area contributed by atoms with E-state index in [1.807, 2.05) is 24.3 Å². The number of aromatic hydroxyl groups is 4. The molecule has 0 saturated carbocycles. The molecule has 4 aromatic carbocycles. The van der Waals surface area contributed by atoms with Gasteiger partial charge in [-0.2, -0.15) is 20.5 Å². The third-order valence-electron chi connectivity index (χ3n) is 8.32. The first-order valence-electron chi connectivity index (χ1n) is 15.3. The number of azo groups is 2. The van der Waals surface area contributed by atoms with Gasteiger partial charge in [0.1, 0.15) is 23.0 Å². The Bertz CT molecular complexity index is 2030. The van der Waals surface area contributed by atoms with Gasteiger partial charge in [0.2, 0.25) is 0 Å². The van der Waals surface area contributed by atoms with Gasteiger partial charge < -0.3 is 20.4 Å². The number of benzene rings is 4. The number of hydrogen-bond donors (Lipinski definition) is 4. The first-order chi connectivity index (χ1) is 23.4. The molecular weight excluding hydrogens is 604 g/mol. The molecule has 0 unspecified atom stereocenters. The maximum Gasteiger partial charge on any atom is 0.122 e. The zero-order chi connectivity index (χ0) is 33.0. The number of phenols is 4. The molecule has 4 N–H and O–H groups in total. The van der Waals surface area contributed by atoms with Gasteiger partial charge in [-0.25, -0.2) is 0 Å². The fraction of sp³-hybridized carbons (Fsp3) is 0.105. The van der Waals surface area contributed by atoms with Crippen LogP contribution >= 0.6 is 0 Å². The standard InChI is InChI=1S/C38H30N6O4/c45-35-23-3-1-5-25(35)16-27-19-33(43-41-31-7-11-39-12-8-31)21-29(37(27)47)18-30-22-34(44-42-32-9-13-40-14-10-32)20-28(38(30)48)17-26-6-2-4-24(15-23)36(26)46/h1-14,19-22,45-48H,15-18H2. The Morgan fingerprint density at radius 3 is 0.979 bits per heavy atom. The number of hydrogen-bond acceptors (Lipinski definition) is 10. The maximum atomic E-state index is 11.7. The average molecular weight is 635 g/mol. The van der Waals surface area contributed by atoms with Crippen molar-refractivity contribution in [1.82, 2.24) is 9.97 Å². The Morgan fingerprint density at radius 2 is 0.625 bits per heavy atom. The van der Waals surface area contributed by atoms with E-state index in [0.29, 0.717) is 67.3 Å². The summed E-state index contributed by atoms with van der Waals surface area (Å²) in [4.78, 5) is 8.05. The van der Waals surface area contributed by atoms with Crippen LogP contribution in [0, 0.1) is 0 Å². The Kier molecular flexibility index (Phi) is 8.27. The van der Waals surface area contributed by atoms with E-state index in [1.165, 1.54) is 0 Å². The minimum absolute atomic E-state index is 0.0161. The Morgan fingerprint density at radius 1 is 0.354 bits per heavy atom. The topological polar surface area (TPSA) is 156 Å². The molecule has 48 heavy (non-hydrogen) atoms. The van der Waals surface area contributed by atoms with Gasteiger partial charge in [0.05, 0.1) is 22.7 Å². The van der Waals surface area contributed by atoms with E-state index in [0.717, 1.165) is 0 Å². The Hall–Kier alpha value is -6.42. The van der Waals surface area contributed by atoms with Gasteiger partial charge in [0.15, 0.2) is 0 Å². The molecule has 0 spiro atoms. The molecule has 0 fully saturated rings. The molecule has 2 aromatic heterocycles. The second kappa shape index (κ2) is 13.1. The molecule has 7 rings (SSSR count). The van der Waals surface area contributed by atoms with Crippen molar-refractivity contribution >= 4 is 22.7 Å². The van der Waals surface area contributed by atoms with Crippen molar-refractivity contribution in [2.24, 2.45) is 20.5 Å². The quantitative estimate of drug-likeness (QED) is 0.142. The third kappa shape index (κ3) is 6.45. The lowest BCUT2D eigenvalue weighted by Gasteiger charge is -2.17. The zero-order valence-corrected chi connectivity index (χ0v) is 25.7. The van der Waals surface area contributed by atoms with Crippen molar-refractivity contribution in [3.8, 4) is 23.0 Å². The van der Waals surface area contributed by atoms with E-state index in [1.54, 1.807) is 85.5 Å². The summed E-state index contributed by atoms with van der Waals surface area (Å²) in [6, 6.07) is 24.8. The molecule has 0 atom stereocenters. The van der Waals surface area contributed by atoms with Crippen LogP contribution in [0.3, 0.4) is 0 Å². The van der Waals surface area contributed by atoms with E-state index >= 15 is 0 Å². The maximum absolute atomic E-state index is 11.7. The molecular formula is C38H30N6O4. The molecule has 1 aliphatic carbocycles. The highest BCUT2D eigenvalue weighted by Crippen LogP contribution is 2.40. The minimum Gasteiger partial charge on any atom is -0.507 e. The summed E-state index contributed by atoms with van der Waals surface area (Å²) in [5.74, 6) is 0.210. The SMILES string of the molecule is Oc1c2cccc1Cc1cc(N=Nc3ccncc3)cc(c1O)Cc1cc(N=Nc3ccncc3)cc(c1O)Cc1cccc(c1O)C2.